The van der Waals surface area contributed by atoms with Gasteiger partial charge in [-0.15, -0.1) is 0 Å². The van der Waals surface area contributed by atoms with E-state index in [1.165, 1.54) is 18.4 Å². The molecule has 92 valence electrons. The predicted octanol–water partition coefficient (Wildman–Crippen LogP) is 2.95. The van der Waals surface area contributed by atoms with E-state index in [1.807, 2.05) is 13.1 Å². The quantitative estimate of drug-likeness (QED) is 0.738. The molecule has 3 heteroatoms. The van der Waals surface area contributed by atoms with Crippen molar-refractivity contribution in [2.45, 2.75) is 39.8 Å². The highest BCUT2D eigenvalue weighted by Gasteiger charge is 2.07. The van der Waals surface area contributed by atoms with Crippen molar-refractivity contribution in [2.75, 3.05) is 13.7 Å². The first-order chi connectivity index (χ1) is 7.77. The average molecular weight is 225 g/mol. The van der Waals surface area contributed by atoms with Gasteiger partial charge in [0.25, 0.3) is 0 Å². The summed E-state index contributed by atoms with van der Waals surface area (Å²) in [6.07, 6.45) is 4.17. The van der Waals surface area contributed by atoms with Crippen molar-refractivity contribution in [1.29, 1.82) is 0 Å². The second kappa shape index (κ2) is 7.47. The van der Waals surface area contributed by atoms with Gasteiger partial charge in [-0.05, 0) is 25.5 Å². The molecule has 16 heavy (non-hydrogen) atoms. The molecule has 0 fully saturated rings. The first-order valence-corrected chi connectivity index (χ1v) is 6.05. The Labute approximate surface area is 98.2 Å². The van der Waals surface area contributed by atoms with Crippen molar-refractivity contribution in [2.24, 2.45) is 5.92 Å². The van der Waals surface area contributed by atoms with Crippen molar-refractivity contribution in [1.82, 2.24) is 5.32 Å². The molecule has 0 saturated carbocycles. The normalized spacial score (nSPS) is 12.9. The maximum absolute atomic E-state index is 5.66. The zero-order valence-electron chi connectivity index (χ0n) is 10.6. The van der Waals surface area contributed by atoms with Crippen LogP contribution in [0.1, 0.15) is 38.0 Å². The topological polar surface area (TPSA) is 34.4 Å². The third-order valence-corrected chi connectivity index (χ3v) is 2.62. The van der Waals surface area contributed by atoms with Crippen LogP contribution in [0.25, 0.3) is 0 Å². The molecule has 0 aliphatic rings. The Morgan fingerprint density at radius 1 is 1.50 bits per heavy atom. The molecule has 0 amide bonds. The lowest BCUT2D eigenvalue weighted by atomic mass is 10.1. The Balaban J connectivity index is 2.28. The molecular weight excluding hydrogens is 202 g/mol. The van der Waals surface area contributed by atoms with Crippen molar-refractivity contribution in [3.63, 3.8) is 0 Å². The van der Waals surface area contributed by atoms with Gasteiger partial charge >= 0.3 is 0 Å². The van der Waals surface area contributed by atoms with Crippen molar-refractivity contribution < 1.29 is 9.15 Å². The lowest BCUT2D eigenvalue weighted by molar-refractivity contribution is 0.0769. The highest BCUT2D eigenvalue weighted by atomic mass is 16.5. The Bertz CT molecular complexity index is 283. The summed E-state index contributed by atoms with van der Waals surface area (Å²) in [6, 6.07) is 1.99. The van der Waals surface area contributed by atoms with Crippen LogP contribution in [0.3, 0.4) is 0 Å². The summed E-state index contributed by atoms with van der Waals surface area (Å²) in [5.74, 6) is 1.57. The van der Waals surface area contributed by atoms with Gasteiger partial charge in [-0.3, -0.25) is 0 Å². The van der Waals surface area contributed by atoms with E-state index in [9.17, 15) is 0 Å². The highest BCUT2D eigenvalue weighted by Crippen LogP contribution is 2.13. The van der Waals surface area contributed by atoms with Crippen LogP contribution in [0.15, 0.2) is 16.7 Å². The molecule has 1 N–H and O–H groups in total. The third-order valence-electron chi connectivity index (χ3n) is 2.62. The number of hydrogen-bond donors (Lipinski definition) is 1. The minimum Gasteiger partial charge on any atom is -0.467 e. The summed E-state index contributed by atoms with van der Waals surface area (Å²) in [6.45, 7) is 6.65. The summed E-state index contributed by atoms with van der Waals surface area (Å²) in [5, 5.41) is 3.11. The molecule has 0 bridgehead atoms. The van der Waals surface area contributed by atoms with Gasteiger partial charge in [-0.2, -0.15) is 0 Å². The van der Waals surface area contributed by atoms with Crippen LogP contribution in [-0.4, -0.2) is 13.7 Å². The number of furan rings is 1. The summed E-state index contributed by atoms with van der Waals surface area (Å²) < 4.78 is 11.1. The van der Waals surface area contributed by atoms with E-state index in [1.54, 1.807) is 6.26 Å². The van der Waals surface area contributed by atoms with Gasteiger partial charge in [0.2, 0.25) is 0 Å². The number of ether oxygens (including phenoxy) is 1. The average Bonchev–Trinajstić information content (AvgIpc) is 2.67. The minimum absolute atomic E-state index is 0.581. The molecule has 0 aromatic carbocycles. The summed E-state index contributed by atoms with van der Waals surface area (Å²) in [4.78, 5) is 0. The molecule has 1 heterocycles. The molecule has 0 aliphatic heterocycles. The molecule has 3 nitrogen and oxygen atoms in total. The van der Waals surface area contributed by atoms with E-state index >= 15 is 0 Å². The Hall–Kier alpha value is -0.800. The van der Waals surface area contributed by atoms with Crippen molar-refractivity contribution in [3.05, 3.63) is 23.7 Å². The fourth-order valence-electron chi connectivity index (χ4n) is 1.77. The lowest BCUT2D eigenvalue weighted by Crippen LogP contribution is -2.09. The molecule has 0 spiro atoms. The molecular formula is C13H23NO2. The smallest absolute Gasteiger partial charge is 0.133 e. The van der Waals surface area contributed by atoms with Crippen LogP contribution in [-0.2, 0) is 17.9 Å². The van der Waals surface area contributed by atoms with E-state index < -0.39 is 0 Å². The predicted molar refractivity (Wildman–Crippen MR) is 65.2 cm³/mol. The van der Waals surface area contributed by atoms with E-state index in [0.29, 0.717) is 12.5 Å². The number of nitrogens with one attached hydrogen (secondary N) is 1. The van der Waals surface area contributed by atoms with Gasteiger partial charge in [0.1, 0.15) is 12.4 Å². The van der Waals surface area contributed by atoms with Gasteiger partial charge in [0.05, 0.1) is 6.26 Å². The summed E-state index contributed by atoms with van der Waals surface area (Å²) in [5.41, 5.74) is 1.19. The maximum Gasteiger partial charge on any atom is 0.133 e. The first kappa shape index (κ1) is 13.3. The molecule has 0 radical (unpaired) electrons. The summed E-state index contributed by atoms with van der Waals surface area (Å²) >= 11 is 0. The Kier molecular flexibility index (Phi) is 6.19. The van der Waals surface area contributed by atoms with Crippen LogP contribution in [0, 0.1) is 5.92 Å². The van der Waals surface area contributed by atoms with Crippen LogP contribution < -0.4 is 5.32 Å². The van der Waals surface area contributed by atoms with Crippen LogP contribution in [0.4, 0.5) is 0 Å². The van der Waals surface area contributed by atoms with E-state index in [-0.39, 0.29) is 0 Å². The van der Waals surface area contributed by atoms with Gasteiger partial charge in [0.15, 0.2) is 0 Å². The molecule has 1 rings (SSSR count). The molecule has 0 saturated heterocycles. The fraction of sp³-hybridized carbons (Fsp3) is 0.692. The third kappa shape index (κ3) is 4.37. The lowest BCUT2D eigenvalue weighted by Gasteiger charge is -2.10. The summed E-state index contributed by atoms with van der Waals surface area (Å²) in [7, 11) is 1.93. The zero-order valence-corrected chi connectivity index (χ0v) is 10.6. The highest BCUT2D eigenvalue weighted by molar-refractivity contribution is 5.15. The SMILES string of the molecule is CCCC(C)COCc1occc1CNC. The van der Waals surface area contributed by atoms with Crippen molar-refractivity contribution in [3.8, 4) is 0 Å². The van der Waals surface area contributed by atoms with Gasteiger partial charge in [-0.1, -0.05) is 20.3 Å². The first-order valence-electron chi connectivity index (χ1n) is 6.05. The molecule has 1 aromatic heterocycles. The molecule has 1 aromatic rings. The van der Waals surface area contributed by atoms with Crippen LogP contribution in [0.5, 0.6) is 0 Å². The molecule has 1 atom stereocenters. The van der Waals surface area contributed by atoms with Crippen LogP contribution >= 0.6 is 0 Å². The minimum atomic E-state index is 0.581. The zero-order chi connectivity index (χ0) is 11.8. The van der Waals surface area contributed by atoms with Gasteiger partial charge in [0, 0.05) is 18.7 Å². The van der Waals surface area contributed by atoms with Crippen molar-refractivity contribution >= 4 is 0 Å². The Morgan fingerprint density at radius 3 is 3.00 bits per heavy atom. The van der Waals surface area contributed by atoms with Gasteiger partial charge in [-0.25, -0.2) is 0 Å². The maximum atomic E-state index is 5.66. The second-order valence-electron chi connectivity index (χ2n) is 4.31. The number of rotatable bonds is 8. The molecule has 1 unspecified atom stereocenters. The van der Waals surface area contributed by atoms with Gasteiger partial charge < -0.3 is 14.5 Å². The largest absolute Gasteiger partial charge is 0.467 e. The molecule has 0 aliphatic carbocycles. The monoisotopic (exact) mass is 225 g/mol. The van der Waals surface area contributed by atoms with Crippen LogP contribution in [0.2, 0.25) is 0 Å². The number of hydrogen-bond acceptors (Lipinski definition) is 3. The van der Waals surface area contributed by atoms with E-state index in [0.717, 1.165) is 18.9 Å². The fourth-order valence-corrected chi connectivity index (χ4v) is 1.77. The van der Waals surface area contributed by atoms with E-state index in [4.69, 9.17) is 9.15 Å². The Morgan fingerprint density at radius 2 is 2.31 bits per heavy atom. The standard InChI is InChI=1S/C13H23NO2/c1-4-5-11(2)9-15-10-13-12(8-14-3)6-7-16-13/h6-7,11,14H,4-5,8-10H2,1-3H3. The van der Waals surface area contributed by atoms with E-state index in [2.05, 4.69) is 19.2 Å². The second-order valence-corrected chi connectivity index (χ2v) is 4.31.